The van der Waals surface area contributed by atoms with Crippen LogP contribution in [0, 0.1) is 0 Å². The summed E-state index contributed by atoms with van der Waals surface area (Å²) in [6, 6.07) is 8.19. The molecule has 0 saturated carbocycles. The summed E-state index contributed by atoms with van der Waals surface area (Å²) in [5.74, 6) is 0.115. The van der Waals surface area contributed by atoms with Crippen LogP contribution in [0.1, 0.15) is 18.4 Å². The molecular weight excluding hydrogens is 344 g/mol. The van der Waals surface area contributed by atoms with Crippen molar-refractivity contribution in [1.29, 1.82) is 0 Å². The van der Waals surface area contributed by atoms with Crippen LogP contribution in [0.2, 0.25) is 0 Å². The van der Waals surface area contributed by atoms with Gasteiger partial charge in [0, 0.05) is 62.5 Å². The monoisotopic (exact) mass is 370 g/mol. The van der Waals surface area contributed by atoms with Crippen molar-refractivity contribution in [3.63, 3.8) is 0 Å². The van der Waals surface area contributed by atoms with E-state index in [9.17, 15) is 9.59 Å². The van der Waals surface area contributed by atoms with Crippen LogP contribution in [0.3, 0.4) is 0 Å². The van der Waals surface area contributed by atoms with Gasteiger partial charge in [0.05, 0.1) is 6.42 Å². The molecule has 144 valence electrons. The number of rotatable bonds is 3. The summed E-state index contributed by atoms with van der Waals surface area (Å²) in [5, 5.41) is 4.19. The number of aromatic nitrogens is 1. The summed E-state index contributed by atoms with van der Waals surface area (Å²) in [4.78, 5) is 32.0. The van der Waals surface area contributed by atoms with Crippen LogP contribution in [-0.4, -0.2) is 72.2 Å². The summed E-state index contributed by atoms with van der Waals surface area (Å²) >= 11 is 0. The lowest BCUT2D eigenvalue weighted by Crippen LogP contribution is -2.55. The van der Waals surface area contributed by atoms with E-state index in [1.807, 2.05) is 40.3 Å². The minimum absolute atomic E-state index is 0.0226. The summed E-state index contributed by atoms with van der Waals surface area (Å²) in [7, 11) is 0. The van der Waals surface area contributed by atoms with Crippen LogP contribution in [0.5, 0.6) is 0 Å². The Morgan fingerprint density at radius 1 is 1.07 bits per heavy atom. The normalized spacial score (nSPS) is 18.7. The number of amides is 3. The summed E-state index contributed by atoms with van der Waals surface area (Å²) in [6.07, 6.45) is 4.04. The average Bonchev–Trinajstić information content (AvgIpc) is 3.12. The van der Waals surface area contributed by atoms with E-state index in [1.165, 1.54) is 0 Å². The zero-order valence-electron chi connectivity index (χ0n) is 15.4. The molecule has 2 aliphatic heterocycles. The van der Waals surface area contributed by atoms with Gasteiger partial charge >= 0.3 is 6.03 Å². The highest BCUT2D eigenvalue weighted by molar-refractivity contribution is 5.89. The fraction of sp³-hybridized carbons (Fsp3) is 0.500. The van der Waals surface area contributed by atoms with Gasteiger partial charge in [0.25, 0.3) is 0 Å². The second kappa shape index (κ2) is 8.00. The molecule has 0 unspecified atom stereocenters. The average molecular weight is 370 g/mol. The molecule has 0 aliphatic carbocycles. The quantitative estimate of drug-likeness (QED) is 0.864. The third kappa shape index (κ3) is 4.08. The highest BCUT2D eigenvalue weighted by Crippen LogP contribution is 2.19. The first-order chi connectivity index (χ1) is 13.2. The van der Waals surface area contributed by atoms with Crippen molar-refractivity contribution >= 4 is 22.8 Å². The van der Waals surface area contributed by atoms with Crippen LogP contribution >= 0.6 is 0 Å². The number of H-pyrrole nitrogens is 1. The predicted octanol–water partition coefficient (Wildman–Crippen LogP) is 1.74. The third-order valence-electron chi connectivity index (χ3n) is 5.49. The van der Waals surface area contributed by atoms with E-state index in [1.54, 1.807) is 0 Å². The summed E-state index contributed by atoms with van der Waals surface area (Å²) < 4.78 is 5.33. The van der Waals surface area contributed by atoms with E-state index < -0.39 is 0 Å². The van der Waals surface area contributed by atoms with Gasteiger partial charge in [-0.1, -0.05) is 18.2 Å². The van der Waals surface area contributed by atoms with Gasteiger partial charge in [-0.15, -0.1) is 0 Å². The maximum atomic E-state index is 12.7. The minimum Gasteiger partial charge on any atom is -0.381 e. The molecule has 1 aromatic carbocycles. The SMILES string of the molecule is O=C(Cc1c[nH]c2ccccc12)N1CCN(C(=O)NC2CCOCC2)CC1. The van der Waals surface area contributed by atoms with Gasteiger partial charge in [0.15, 0.2) is 0 Å². The van der Waals surface area contributed by atoms with Gasteiger partial charge in [0.1, 0.15) is 0 Å². The van der Waals surface area contributed by atoms with Crippen molar-refractivity contribution in [2.24, 2.45) is 0 Å². The second-order valence-corrected chi connectivity index (χ2v) is 7.24. The molecule has 27 heavy (non-hydrogen) atoms. The highest BCUT2D eigenvalue weighted by atomic mass is 16.5. The summed E-state index contributed by atoms with van der Waals surface area (Å²) in [5.41, 5.74) is 2.07. The van der Waals surface area contributed by atoms with Gasteiger partial charge < -0.3 is 24.8 Å². The molecule has 2 aromatic rings. The van der Waals surface area contributed by atoms with Gasteiger partial charge in [-0.2, -0.15) is 0 Å². The minimum atomic E-state index is -0.0226. The van der Waals surface area contributed by atoms with Gasteiger partial charge in [-0.25, -0.2) is 4.79 Å². The second-order valence-electron chi connectivity index (χ2n) is 7.24. The molecule has 2 N–H and O–H groups in total. The lowest BCUT2D eigenvalue weighted by molar-refractivity contribution is -0.131. The van der Waals surface area contributed by atoms with Crippen LogP contribution < -0.4 is 5.32 Å². The molecule has 7 heteroatoms. The largest absolute Gasteiger partial charge is 0.381 e. The summed E-state index contributed by atoms with van der Waals surface area (Å²) in [6.45, 7) is 3.75. The molecule has 7 nitrogen and oxygen atoms in total. The number of aromatic amines is 1. The number of nitrogens with one attached hydrogen (secondary N) is 2. The highest BCUT2D eigenvalue weighted by Gasteiger charge is 2.26. The molecule has 0 spiro atoms. The zero-order valence-corrected chi connectivity index (χ0v) is 15.4. The van der Waals surface area contributed by atoms with Gasteiger partial charge in [0.2, 0.25) is 5.91 Å². The Morgan fingerprint density at radius 3 is 2.56 bits per heavy atom. The van der Waals surface area contributed by atoms with Gasteiger partial charge in [-0.3, -0.25) is 4.79 Å². The molecule has 0 atom stereocenters. The molecule has 2 fully saturated rings. The standard InChI is InChI=1S/C20H26N4O3/c25-19(13-15-14-21-18-4-2-1-3-17(15)18)23-7-9-24(10-8-23)20(26)22-16-5-11-27-12-6-16/h1-4,14,16,21H,5-13H2,(H,22,26). The number of benzene rings is 1. The van der Waals surface area contributed by atoms with E-state index in [0.29, 0.717) is 45.8 Å². The molecule has 1 aromatic heterocycles. The fourth-order valence-electron chi connectivity index (χ4n) is 3.82. The number of fused-ring (bicyclic) bond motifs is 1. The number of carbonyl (C=O) groups excluding carboxylic acids is 2. The first kappa shape index (κ1) is 17.9. The van der Waals surface area contributed by atoms with E-state index in [2.05, 4.69) is 10.3 Å². The Hall–Kier alpha value is -2.54. The van der Waals surface area contributed by atoms with Crippen LogP contribution in [0.4, 0.5) is 4.79 Å². The third-order valence-corrected chi connectivity index (χ3v) is 5.49. The maximum absolute atomic E-state index is 12.7. The molecule has 2 saturated heterocycles. The molecule has 3 heterocycles. The number of para-hydroxylation sites is 1. The molecular formula is C20H26N4O3. The molecule has 3 amide bonds. The topological polar surface area (TPSA) is 77.7 Å². The van der Waals surface area contributed by atoms with Crippen LogP contribution in [0.25, 0.3) is 10.9 Å². The van der Waals surface area contributed by atoms with E-state index in [-0.39, 0.29) is 18.0 Å². The van der Waals surface area contributed by atoms with Crippen molar-refractivity contribution in [2.75, 3.05) is 39.4 Å². The first-order valence-electron chi connectivity index (χ1n) is 9.66. The smallest absolute Gasteiger partial charge is 0.317 e. The number of urea groups is 1. The van der Waals surface area contributed by atoms with Crippen molar-refractivity contribution in [3.05, 3.63) is 36.0 Å². The Bertz CT molecular complexity index is 804. The Balaban J connectivity index is 1.28. The lowest BCUT2D eigenvalue weighted by Gasteiger charge is -2.36. The van der Waals surface area contributed by atoms with Crippen LogP contribution in [0.15, 0.2) is 30.5 Å². The molecule has 0 radical (unpaired) electrons. The first-order valence-corrected chi connectivity index (χ1v) is 9.66. The van der Waals surface area contributed by atoms with Crippen molar-refractivity contribution in [1.82, 2.24) is 20.1 Å². The zero-order chi connectivity index (χ0) is 18.6. The number of nitrogens with zero attached hydrogens (tertiary/aromatic N) is 2. The number of piperazine rings is 1. The molecule has 4 rings (SSSR count). The van der Waals surface area contributed by atoms with Crippen molar-refractivity contribution < 1.29 is 14.3 Å². The van der Waals surface area contributed by atoms with Crippen molar-refractivity contribution in [3.8, 4) is 0 Å². The van der Waals surface area contributed by atoms with E-state index >= 15 is 0 Å². The Labute approximate surface area is 158 Å². The number of carbonyl (C=O) groups is 2. The fourth-order valence-corrected chi connectivity index (χ4v) is 3.82. The van der Waals surface area contributed by atoms with Crippen LogP contribution in [-0.2, 0) is 16.0 Å². The molecule has 0 bridgehead atoms. The number of ether oxygens (including phenoxy) is 1. The van der Waals surface area contributed by atoms with Gasteiger partial charge in [-0.05, 0) is 24.5 Å². The van der Waals surface area contributed by atoms with Crippen molar-refractivity contribution in [2.45, 2.75) is 25.3 Å². The van der Waals surface area contributed by atoms with E-state index in [0.717, 1.165) is 29.3 Å². The Morgan fingerprint density at radius 2 is 1.78 bits per heavy atom. The maximum Gasteiger partial charge on any atom is 0.317 e. The number of hydrogen-bond donors (Lipinski definition) is 2. The number of hydrogen-bond acceptors (Lipinski definition) is 3. The Kier molecular flexibility index (Phi) is 5.29. The lowest BCUT2D eigenvalue weighted by atomic mass is 10.1. The van der Waals surface area contributed by atoms with E-state index in [4.69, 9.17) is 4.74 Å². The molecule has 2 aliphatic rings. The predicted molar refractivity (Wildman–Crippen MR) is 103 cm³/mol.